The molecule has 0 spiro atoms. The SMILES string of the molecule is [2H]C1=C([2H])C(N(c2cccc3c2C(C)(C)c2ccccc2-3)c2cc3ccccc3c3ccccc23)C([2H])C([2H])=C1c1c([2H])c([2H])c2c([2H])c([2H])c([2H])c([2H])c2c1-c1c([2H])c([2H])c([2H])c2oc3c([2H])c([2H])c([2H])c([2H])c3c12. The lowest BCUT2D eigenvalue weighted by Crippen LogP contribution is -2.32. The molecule has 2 aliphatic rings. The summed E-state index contributed by atoms with van der Waals surface area (Å²) in [6.07, 6.45) is -1.79. The third kappa shape index (κ3) is 5.06. The Morgan fingerprint density at radius 3 is 2.25 bits per heavy atom. The predicted octanol–water partition coefficient (Wildman–Crippen LogP) is 15.6. The van der Waals surface area contributed by atoms with Crippen molar-refractivity contribution in [1.29, 1.82) is 0 Å². The maximum atomic E-state index is 10.3. The molecule has 1 heterocycles. The third-order valence-electron chi connectivity index (χ3n) is 11.8. The standard InChI is InChI=1S/C57H41NO/c1-57(2)49-25-11-9-20-44(49)46-23-13-26-50(56(46)57)58(51-35-38-16-4-5-17-40(38)43-19-7-8-21-45(43)51)39-32-29-37(30-33-39)42-34-31-36-15-3-6-18-41(36)54(42)48-24-14-28-53-55(48)47-22-10-12-27-52(47)59-53/h3-32,34-35,39H,33H2,1-2H3/i3D,6D,10D,12D,14D,15D,18D,22D,24D,27D,28D,29D,30D,31D,32D,33D,34D. The molecular weight excluding hydrogens is 715 g/mol. The van der Waals surface area contributed by atoms with E-state index in [9.17, 15) is 11.0 Å². The van der Waals surface area contributed by atoms with E-state index in [1.54, 1.807) is 0 Å². The molecule has 59 heavy (non-hydrogen) atoms. The van der Waals surface area contributed by atoms with Crippen molar-refractivity contribution in [3.63, 3.8) is 0 Å². The normalized spacial score (nSPS) is 21.4. The molecule has 0 fully saturated rings. The summed E-state index contributed by atoms with van der Waals surface area (Å²) in [5.74, 6) is 0. The highest BCUT2D eigenvalue weighted by molar-refractivity contribution is 6.17. The van der Waals surface area contributed by atoms with Crippen LogP contribution in [0.5, 0.6) is 0 Å². The van der Waals surface area contributed by atoms with Crippen LogP contribution >= 0.6 is 0 Å². The van der Waals surface area contributed by atoms with Gasteiger partial charge in [0.15, 0.2) is 0 Å². The zero-order valence-corrected chi connectivity index (χ0v) is 31.7. The number of hydrogen-bond donors (Lipinski definition) is 0. The Bertz CT molecular complexity index is 4380. The van der Waals surface area contributed by atoms with Crippen LogP contribution in [-0.2, 0) is 5.41 Å². The lowest BCUT2D eigenvalue weighted by Gasteiger charge is -2.38. The average molecular weight is 773 g/mol. The molecule has 2 heteroatoms. The highest BCUT2D eigenvalue weighted by Crippen LogP contribution is 2.54. The molecule has 9 aromatic carbocycles. The van der Waals surface area contributed by atoms with Gasteiger partial charge in [-0.05, 0) is 102 Å². The van der Waals surface area contributed by atoms with Gasteiger partial charge in [0.25, 0.3) is 0 Å². The molecule has 0 aliphatic heterocycles. The molecule has 2 atom stereocenters. The largest absolute Gasteiger partial charge is 0.456 e. The second-order valence-electron chi connectivity index (χ2n) is 15.3. The fourth-order valence-electron chi connectivity index (χ4n) is 9.23. The molecule has 1 aromatic heterocycles. The summed E-state index contributed by atoms with van der Waals surface area (Å²) in [4.78, 5) is 1.85. The van der Waals surface area contributed by atoms with Crippen LogP contribution in [0.2, 0.25) is 0 Å². The Labute approximate surface area is 367 Å². The van der Waals surface area contributed by atoms with Gasteiger partial charge in [-0.1, -0.05) is 183 Å². The zero-order valence-electron chi connectivity index (χ0n) is 48.7. The van der Waals surface area contributed by atoms with E-state index < -0.39 is 159 Å². The van der Waals surface area contributed by atoms with Crippen molar-refractivity contribution in [1.82, 2.24) is 0 Å². The maximum Gasteiger partial charge on any atom is 0.136 e. The van der Waals surface area contributed by atoms with Gasteiger partial charge < -0.3 is 9.32 Å². The molecule has 12 rings (SSSR count). The second kappa shape index (κ2) is 12.9. The van der Waals surface area contributed by atoms with E-state index in [1.807, 2.05) is 95.9 Å². The summed E-state index contributed by atoms with van der Waals surface area (Å²) in [5, 5.41) is 1.66. The van der Waals surface area contributed by atoms with Crippen LogP contribution in [0.3, 0.4) is 0 Å². The van der Waals surface area contributed by atoms with Crippen molar-refractivity contribution in [2.45, 2.75) is 31.7 Å². The summed E-state index contributed by atoms with van der Waals surface area (Å²) in [6, 6.07) is 18.4. The first kappa shape index (κ1) is 21.0. The molecular formula is C57H41NO. The van der Waals surface area contributed by atoms with Crippen LogP contribution in [0, 0.1) is 0 Å². The van der Waals surface area contributed by atoms with Gasteiger partial charge in [0, 0.05) is 28.6 Å². The first-order valence-electron chi connectivity index (χ1n) is 27.9. The molecule has 10 aromatic rings. The van der Waals surface area contributed by atoms with Gasteiger partial charge in [-0.15, -0.1) is 0 Å². The summed E-state index contributed by atoms with van der Waals surface area (Å²) in [7, 11) is 0. The van der Waals surface area contributed by atoms with E-state index in [0.29, 0.717) is 11.4 Å². The van der Waals surface area contributed by atoms with E-state index in [0.717, 1.165) is 43.8 Å². The van der Waals surface area contributed by atoms with Gasteiger partial charge in [-0.25, -0.2) is 0 Å². The minimum Gasteiger partial charge on any atom is -0.456 e. The van der Waals surface area contributed by atoms with Crippen LogP contribution in [0.25, 0.3) is 82.1 Å². The fraction of sp³-hybridized carbons (Fsp3) is 0.0877. The van der Waals surface area contributed by atoms with Crippen molar-refractivity contribution >= 4 is 71.2 Å². The first-order chi connectivity index (χ1) is 36.1. The highest BCUT2D eigenvalue weighted by atomic mass is 16.3. The molecule has 0 bridgehead atoms. The van der Waals surface area contributed by atoms with Crippen LogP contribution in [0.4, 0.5) is 11.4 Å². The van der Waals surface area contributed by atoms with Crippen molar-refractivity contribution in [3.05, 3.63) is 210 Å². The van der Waals surface area contributed by atoms with Crippen molar-refractivity contribution in [3.8, 4) is 22.3 Å². The summed E-state index contributed by atoms with van der Waals surface area (Å²) in [5.41, 5.74) is 1.27. The topological polar surface area (TPSA) is 16.4 Å². The van der Waals surface area contributed by atoms with Crippen LogP contribution < -0.4 is 4.90 Å². The molecule has 0 N–H and O–H groups in total. The molecule has 2 aliphatic carbocycles. The number of hydrogen-bond acceptors (Lipinski definition) is 2. The van der Waals surface area contributed by atoms with Crippen molar-refractivity contribution in [2.75, 3.05) is 4.90 Å². The molecule has 0 radical (unpaired) electrons. The fourth-order valence-corrected chi connectivity index (χ4v) is 9.23. The molecule has 0 saturated carbocycles. The molecule has 2 nitrogen and oxygen atoms in total. The Hall–Kier alpha value is -7.16. The molecule has 0 amide bonds. The Kier molecular flexibility index (Phi) is 4.61. The summed E-state index contributed by atoms with van der Waals surface area (Å²) >= 11 is 0. The van der Waals surface area contributed by atoms with Crippen molar-refractivity contribution in [2.24, 2.45) is 0 Å². The summed E-state index contributed by atoms with van der Waals surface area (Å²) < 4.78 is 165. The van der Waals surface area contributed by atoms with Gasteiger partial charge in [0.1, 0.15) is 11.2 Å². The van der Waals surface area contributed by atoms with Crippen molar-refractivity contribution < 1.29 is 27.7 Å². The van der Waals surface area contributed by atoms with Gasteiger partial charge in [0.2, 0.25) is 0 Å². The number of furan rings is 1. The number of nitrogens with zero attached hydrogens (tertiary/aromatic N) is 1. The average Bonchev–Trinajstić information content (AvgIpc) is 4.09. The van der Waals surface area contributed by atoms with Gasteiger partial charge in [-0.3, -0.25) is 0 Å². The third-order valence-corrected chi connectivity index (χ3v) is 11.8. The number of rotatable bonds is 5. The van der Waals surface area contributed by atoms with E-state index in [-0.39, 0.29) is 10.8 Å². The molecule has 0 saturated heterocycles. The minimum absolute atomic E-state index is 0.358. The number of para-hydroxylation sites is 1. The van der Waals surface area contributed by atoms with Crippen LogP contribution in [0.1, 0.15) is 60.2 Å². The quantitative estimate of drug-likeness (QED) is 0.162. The summed E-state index contributed by atoms with van der Waals surface area (Å²) in [6.45, 7) is 4.20. The van der Waals surface area contributed by atoms with Gasteiger partial charge in [-0.2, -0.15) is 0 Å². The lowest BCUT2D eigenvalue weighted by atomic mass is 9.80. The zero-order chi connectivity index (χ0) is 54.0. The maximum absolute atomic E-state index is 10.3. The monoisotopic (exact) mass is 772 g/mol. The number of allylic oxidation sites excluding steroid dienone is 2. The molecule has 280 valence electrons. The smallest absolute Gasteiger partial charge is 0.136 e. The second-order valence-corrected chi connectivity index (χ2v) is 15.3. The Balaban J connectivity index is 1.21. The van der Waals surface area contributed by atoms with E-state index in [2.05, 4.69) is 19.9 Å². The van der Waals surface area contributed by atoms with Crippen LogP contribution in [0.15, 0.2) is 198 Å². The van der Waals surface area contributed by atoms with E-state index >= 15 is 0 Å². The molecule has 2 unspecified atom stereocenters. The number of fused-ring (bicyclic) bond motifs is 10. The highest BCUT2D eigenvalue weighted by Gasteiger charge is 2.39. The Morgan fingerprint density at radius 2 is 1.34 bits per heavy atom. The first-order valence-corrected chi connectivity index (χ1v) is 19.3. The van der Waals surface area contributed by atoms with E-state index in [1.165, 1.54) is 0 Å². The van der Waals surface area contributed by atoms with Crippen LogP contribution in [-0.4, -0.2) is 6.04 Å². The number of benzene rings is 9. The van der Waals surface area contributed by atoms with Gasteiger partial charge >= 0.3 is 0 Å². The predicted molar refractivity (Wildman–Crippen MR) is 250 cm³/mol. The van der Waals surface area contributed by atoms with Gasteiger partial charge in [0.05, 0.1) is 33.7 Å². The minimum atomic E-state index is -1.79. The van der Waals surface area contributed by atoms with E-state index in [4.69, 9.17) is 16.8 Å². The Morgan fingerprint density at radius 1 is 0.593 bits per heavy atom. The lowest BCUT2D eigenvalue weighted by molar-refractivity contribution is 0.654. The number of anilines is 2.